The lowest BCUT2D eigenvalue weighted by atomic mass is 10.1. The minimum atomic E-state index is -2.66. The number of nitriles is 1. The molecule has 14 heavy (non-hydrogen) atoms. The first-order valence-corrected chi connectivity index (χ1v) is 6.79. The predicted molar refractivity (Wildman–Crippen MR) is 59.7 cm³/mol. The van der Waals surface area contributed by atoms with Gasteiger partial charge in [-0.2, -0.15) is 5.26 Å². The molecule has 0 spiro atoms. The fourth-order valence-corrected chi connectivity index (χ4v) is 0.966. The fourth-order valence-electron chi connectivity index (χ4n) is 0.557. The molecule has 0 unspecified atom stereocenters. The summed E-state index contributed by atoms with van der Waals surface area (Å²) in [5.41, 5.74) is 0. The first-order chi connectivity index (χ1) is 6.39. The van der Waals surface area contributed by atoms with E-state index in [1.807, 2.05) is 0 Å². The molecule has 0 rings (SSSR count). The zero-order valence-corrected chi connectivity index (χ0v) is 10.4. The molecule has 0 heterocycles. The quantitative estimate of drug-likeness (QED) is 0.729. The Morgan fingerprint density at radius 1 is 1.21 bits per heavy atom. The summed E-state index contributed by atoms with van der Waals surface area (Å²) < 4.78 is 20.7. The Morgan fingerprint density at radius 3 is 1.71 bits per heavy atom. The van der Waals surface area contributed by atoms with Crippen LogP contribution in [0.5, 0.6) is 0 Å². The van der Waals surface area contributed by atoms with E-state index in [1.165, 1.54) is 0 Å². The second kappa shape index (κ2) is 9.01. The molecule has 0 aliphatic rings. The van der Waals surface area contributed by atoms with Crippen molar-refractivity contribution >= 4 is 9.84 Å². The lowest BCUT2D eigenvalue weighted by Crippen LogP contribution is -2.04. The number of sulfone groups is 1. The van der Waals surface area contributed by atoms with Crippen LogP contribution < -0.4 is 0 Å². The van der Waals surface area contributed by atoms with Gasteiger partial charge < -0.3 is 0 Å². The van der Waals surface area contributed by atoms with Crippen molar-refractivity contribution < 1.29 is 8.42 Å². The number of hydrogen-bond acceptors (Lipinski definition) is 3. The molecule has 0 N–H and O–H groups in total. The minimum Gasteiger partial charge on any atom is -0.229 e. The molecular formula is C10H21NO2S. The zero-order valence-electron chi connectivity index (χ0n) is 9.58. The van der Waals surface area contributed by atoms with Gasteiger partial charge in [0.2, 0.25) is 0 Å². The van der Waals surface area contributed by atoms with Gasteiger partial charge in [-0.05, 0) is 12.3 Å². The highest BCUT2D eigenvalue weighted by Gasteiger charge is 1.99. The van der Waals surface area contributed by atoms with Gasteiger partial charge in [0.05, 0.1) is 6.07 Å². The third-order valence-electron chi connectivity index (χ3n) is 1.71. The summed E-state index contributed by atoms with van der Waals surface area (Å²) in [6.45, 7) is 7.55. The van der Waals surface area contributed by atoms with Crippen molar-refractivity contribution in [3.8, 4) is 6.07 Å². The SMILES string of the molecule is CC(C)CCC#N.CCS(=O)(=O)CC. The predicted octanol–water partition coefficient (Wildman–Crippen LogP) is 2.39. The van der Waals surface area contributed by atoms with Gasteiger partial charge >= 0.3 is 0 Å². The standard InChI is InChI=1S/C6H11N.C4H10O2S/c1-6(2)4-3-5-7;1-3-7(5,6)4-2/h6H,3-4H2,1-2H3;3-4H2,1-2H3. The van der Waals surface area contributed by atoms with E-state index in [0.717, 1.165) is 6.42 Å². The molecule has 4 heteroatoms. The maximum atomic E-state index is 10.4. The van der Waals surface area contributed by atoms with Crippen LogP contribution in [0.15, 0.2) is 0 Å². The third-order valence-corrected chi connectivity index (χ3v) is 3.47. The molecule has 0 aromatic heterocycles. The smallest absolute Gasteiger partial charge is 0.149 e. The van der Waals surface area contributed by atoms with Gasteiger partial charge in [-0.15, -0.1) is 0 Å². The molecule has 0 aromatic rings. The molecule has 0 saturated heterocycles. The van der Waals surface area contributed by atoms with Crippen molar-refractivity contribution in [1.82, 2.24) is 0 Å². The lowest BCUT2D eigenvalue weighted by molar-refractivity contribution is 0.597. The second-order valence-electron chi connectivity index (χ2n) is 3.41. The van der Waals surface area contributed by atoms with E-state index in [-0.39, 0.29) is 11.5 Å². The summed E-state index contributed by atoms with van der Waals surface area (Å²) >= 11 is 0. The largest absolute Gasteiger partial charge is 0.229 e. The Hall–Kier alpha value is -0.560. The summed E-state index contributed by atoms with van der Waals surface area (Å²) in [5.74, 6) is 1.21. The van der Waals surface area contributed by atoms with Crippen molar-refractivity contribution in [2.24, 2.45) is 5.92 Å². The van der Waals surface area contributed by atoms with E-state index in [0.29, 0.717) is 12.3 Å². The lowest BCUT2D eigenvalue weighted by Gasteiger charge is -1.94. The Balaban J connectivity index is 0. The van der Waals surface area contributed by atoms with Gasteiger partial charge in [-0.3, -0.25) is 0 Å². The normalized spacial score (nSPS) is 10.3. The average Bonchev–Trinajstić information content (AvgIpc) is 2.15. The van der Waals surface area contributed by atoms with E-state index in [4.69, 9.17) is 5.26 Å². The van der Waals surface area contributed by atoms with Crippen molar-refractivity contribution in [3.05, 3.63) is 0 Å². The van der Waals surface area contributed by atoms with Crippen LogP contribution in [0.25, 0.3) is 0 Å². The van der Waals surface area contributed by atoms with Crippen molar-refractivity contribution in [3.63, 3.8) is 0 Å². The molecule has 0 bridgehead atoms. The molecule has 0 aliphatic carbocycles. The van der Waals surface area contributed by atoms with Crippen LogP contribution in [0.2, 0.25) is 0 Å². The highest BCUT2D eigenvalue weighted by molar-refractivity contribution is 7.91. The van der Waals surface area contributed by atoms with E-state index >= 15 is 0 Å². The first-order valence-electron chi connectivity index (χ1n) is 4.97. The minimum absolute atomic E-state index is 0.267. The zero-order chi connectivity index (χ0) is 11.6. The van der Waals surface area contributed by atoms with Crippen LogP contribution in [0.4, 0.5) is 0 Å². The Morgan fingerprint density at radius 2 is 1.64 bits per heavy atom. The number of nitrogens with zero attached hydrogens (tertiary/aromatic N) is 1. The second-order valence-corrected chi connectivity index (χ2v) is 6.05. The number of hydrogen-bond donors (Lipinski definition) is 0. The maximum Gasteiger partial charge on any atom is 0.149 e. The van der Waals surface area contributed by atoms with E-state index in [9.17, 15) is 8.42 Å². The molecule has 0 saturated carbocycles. The van der Waals surface area contributed by atoms with Crippen LogP contribution in [0.3, 0.4) is 0 Å². The molecule has 0 amide bonds. The summed E-state index contributed by atoms with van der Waals surface area (Å²) in [7, 11) is -2.66. The van der Waals surface area contributed by atoms with Gasteiger partial charge in [-0.1, -0.05) is 27.7 Å². The monoisotopic (exact) mass is 219 g/mol. The molecule has 0 atom stereocenters. The Bertz CT molecular complexity index is 240. The molecule has 3 nitrogen and oxygen atoms in total. The maximum absolute atomic E-state index is 10.4. The van der Waals surface area contributed by atoms with Crippen LogP contribution in [-0.2, 0) is 9.84 Å². The van der Waals surface area contributed by atoms with Crippen molar-refractivity contribution in [2.75, 3.05) is 11.5 Å². The summed E-state index contributed by atoms with van der Waals surface area (Å²) in [6.07, 6.45) is 1.74. The van der Waals surface area contributed by atoms with Crippen LogP contribution in [0.1, 0.15) is 40.5 Å². The van der Waals surface area contributed by atoms with Crippen LogP contribution >= 0.6 is 0 Å². The fraction of sp³-hybridized carbons (Fsp3) is 0.900. The average molecular weight is 219 g/mol. The summed E-state index contributed by atoms with van der Waals surface area (Å²) in [4.78, 5) is 0. The first kappa shape index (κ1) is 15.9. The third kappa shape index (κ3) is 14.0. The van der Waals surface area contributed by atoms with E-state index in [2.05, 4.69) is 19.9 Å². The van der Waals surface area contributed by atoms with Gasteiger partial charge in [0.1, 0.15) is 9.84 Å². The molecule has 0 aliphatic heterocycles. The van der Waals surface area contributed by atoms with Crippen LogP contribution in [-0.4, -0.2) is 19.9 Å². The number of rotatable bonds is 4. The van der Waals surface area contributed by atoms with Gasteiger partial charge in [0.25, 0.3) is 0 Å². The summed E-state index contributed by atoms with van der Waals surface area (Å²) in [6, 6.07) is 2.10. The Kier molecular flexibility index (Phi) is 10.2. The highest BCUT2D eigenvalue weighted by Crippen LogP contribution is 2.00. The molecule has 84 valence electrons. The van der Waals surface area contributed by atoms with Gasteiger partial charge in [0, 0.05) is 17.9 Å². The molecule has 0 fully saturated rings. The molecular weight excluding hydrogens is 198 g/mol. The topological polar surface area (TPSA) is 57.9 Å². The van der Waals surface area contributed by atoms with Gasteiger partial charge in [-0.25, -0.2) is 8.42 Å². The molecule has 0 aromatic carbocycles. The highest BCUT2D eigenvalue weighted by atomic mass is 32.2. The van der Waals surface area contributed by atoms with Crippen LogP contribution in [0, 0.1) is 17.2 Å². The summed E-state index contributed by atoms with van der Waals surface area (Å²) in [5, 5.41) is 8.07. The van der Waals surface area contributed by atoms with Crippen molar-refractivity contribution in [2.45, 2.75) is 40.5 Å². The Labute approximate surface area is 88.0 Å². The van der Waals surface area contributed by atoms with E-state index in [1.54, 1.807) is 13.8 Å². The molecule has 0 radical (unpaired) electrons. The van der Waals surface area contributed by atoms with Crippen molar-refractivity contribution in [1.29, 1.82) is 5.26 Å². The van der Waals surface area contributed by atoms with E-state index < -0.39 is 9.84 Å². The van der Waals surface area contributed by atoms with Gasteiger partial charge in [0.15, 0.2) is 0 Å².